The lowest BCUT2D eigenvalue weighted by molar-refractivity contribution is 0.0997. The van der Waals surface area contributed by atoms with Crippen molar-refractivity contribution in [1.29, 1.82) is 5.26 Å². The molecule has 4 nitrogen and oxygen atoms in total. The summed E-state index contributed by atoms with van der Waals surface area (Å²) in [6, 6.07) is 8.78. The predicted octanol–water partition coefficient (Wildman–Crippen LogP) is 4.83. The van der Waals surface area contributed by atoms with Crippen molar-refractivity contribution < 1.29 is 4.74 Å². The van der Waals surface area contributed by atoms with Crippen molar-refractivity contribution in [2.24, 2.45) is 11.3 Å². The Morgan fingerprint density at radius 1 is 1.27 bits per heavy atom. The van der Waals surface area contributed by atoms with Gasteiger partial charge in [-0.25, -0.2) is 0 Å². The van der Waals surface area contributed by atoms with Gasteiger partial charge in [0.1, 0.15) is 0 Å². The van der Waals surface area contributed by atoms with Crippen LogP contribution in [0.3, 0.4) is 0 Å². The second-order valence-corrected chi connectivity index (χ2v) is 8.64. The van der Waals surface area contributed by atoms with E-state index in [0.717, 1.165) is 23.5 Å². The first kappa shape index (κ1) is 18.8. The van der Waals surface area contributed by atoms with E-state index < -0.39 is 0 Å². The first-order valence-electron chi connectivity index (χ1n) is 8.86. The van der Waals surface area contributed by atoms with Crippen LogP contribution in [0.5, 0.6) is 0 Å². The van der Waals surface area contributed by atoms with Crippen LogP contribution < -0.4 is 9.80 Å². The minimum absolute atomic E-state index is 0.0335. The van der Waals surface area contributed by atoms with Crippen LogP contribution in [0.25, 0.3) is 0 Å². The molecule has 1 aromatic carbocycles. The molecular formula is C21H26ClN3O. The van der Waals surface area contributed by atoms with Crippen LogP contribution in [-0.2, 0) is 4.74 Å². The van der Waals surface area contributed by atoms with E-state index in [4.69, 9.17) is 16.3 Å². The summed E-state index contributed by atoms with van der Waals surface area (Å²) in [6.45, 7) is 7.57. The first-order chi connectivity index (χ1) is 12.2. The highest BCUT2D eigenvalue weighted by molar-refractivity contribution is 6.31. The van der Waals surface area contributed by atoms with Gasteiger partial charge in [-0.15, -0.1) is 0 Å². The number of allylic oxidation sites excluding steroid dienone is 4. The molecule has 0 fully saturated rings. The van der Waals surface area contributed by atoms with Crippen molar-refractivity contribution >= 4 is 23.0 Å². The van der Waals surface area contributed by atoms with Crippen molar-refractivity contribution in [3.8, 4) is 6.07 Å². The highest BCUT2D eigenvalue weighted by Gasteiger charge is 2.36. The summed E-state index contributed by atoms with van der Waals surface area (Å²) >= 11 is 6.20. The van der Waals surface area contributed by atoms with Gasteiger partial charge in [0, 0.05) is 31.7 Å². The molecule has 2 aliphatic rings. The number of benzene rings is 1. The van der Waals surface area contributed by atoms with Crippen molar-refractivity contribution in [3.05, 3.63) is 47.0 Å². The largest absolute Gasteiger partial charge is 0.344 e. The first-order valence-corrected chi connectivity index (χ1v) is 9.24. The number of hydrogen-bond donors (Lipinski definition) is 0. The van der Waals surface area contributed by atoms with E-state index in [1.54, 1.807) is 13.2 Å². The van der Waals surface area contributed by atoms with E-state index in [2.05, 4.69) is 54.8 Å². The Morgan fingerprint density at radius 2 is 2.00 bits per heavy atom. The van der Waals surface area contributed by atoms with Crippen LogP contribution in [0, 0.1) is 22.7 Å². The van der Waals surface area contributed by atoms with Crippen molar-refractivity contribution in [1.82, 2.24) is 0 Å². The zero-order chi connectivity index (χ0) is 19.1. The van der Waals surface area contributed by atoms with Crippen LogP contribution in [-0.4, -0.2) is 27.1 Å². The highest BCUT2D eigenvalue weighted by atomic mass is 35.5. The molecule has 1 aliphatic carbocycles. The average Bonchev–Trinajstić information content (AvgIpc) is 2.84. The van der Waals surface area contributed by atoms with Gasteiger partial charge in [0.15, 0.2) is 0 Å². The average molecular weight is 372 g/mol. The van der Waals surface area contributed by atoms with Gasteiger partial charge in [0.05, 0.1) is 23.4 Å². The fourth-order valence-corrected chi connectivity index (χ4v) is 3.96. The molecule has 5 heteroatoms. The molecule has 0 amide bonds. The van der Waals surface area contributed by atoms with Gasteiger partial charge < -0.3 is 14.5 Å². The molecule has 0 radical (unpaired) electrons. The molecule has 0 bridgehead atoms. The molecule has 3 unspecified atom stereocenters. The monoisotopic (exact) mass is 371 g/mol. The molecule has 26 heavy (non-hydrogen) atoms. The summed E-state index contributed by atoms with van der Waals surface area (Å²) in [6.07, 6.45) is 5.52. The molecule has 1 heterocycles. The lowest BCUT2D eigenvalue weighted by Gasteiger charge is -2.34. The molecule has 0 aromatic heterocycles. The van der Waals surface area contributed by atoms with Gasteiger partial charge >= 0.3 is 0 Å². The predicted molar refractivity (Wildman–Crippen MR) is 107 cm³/mol. The fourth-order valence-electron chi connectivity index (χ4n) is 3.75. The summed E-state index contributed by atoms with van der Waals surface area (Å²) in [5.41, 5.74) is 3.52. The van der Waals surface area contributed by atoms with Crippen LogP contribution >= 0.6 is 11.6 Å². The standard InChI is InChI=1S/C21H26ClN3O/c1-21(2,3)13-25-18-9-7-14(10-19(18)24(4)20(25)26-5)17-11-16(22)8-6-15(17)12-23/h6-11,15,17,20H,13H2,1-5H3. The summed E-state index contributed by atoms with van der Waals surface area (Å²) < 4.78 is 5.76. The van der Waals surface area contributed by atoms with Gasteiger partial charge in [-0.2, -0.15) is 5.26 Å². The number of nitriles is 1. The summed E-state index contributed by atoms with van der Waals surface area (Å²) in [4.78, 5) is 4.44. The Morgan fingerprint density at radius 3 is 2.62 bits per heavy atom. The number of nitrogens with zero attached hydrogens (tertiary/aromatic N) is 3. The van der Waals surface area contributed by atoms with Crippen LogP contribution in [0.2, 0.25) is 0 Å². The van der Waals surface area contributed by atoms with Gasteiger partial charge in [-0.1, -0.05) is 50.6 Å². The maximum Gasteiger partial charge on any atom is 0.210 e. The van der Waals surface area contributed by atoms with Crippen molar-refractivity contribution in [2.45, 2.75) is 33.0 Å². The summed E-state index contributed by atoms with van der Waals surface area (Å²) in [7, 11) is 3.79. The second-order valence-electron chi connectivity index (χ2n) is 8.20. The number of ether oxygens (including phenoxy) is 1. The van der Waals surface area contributed by atoms with Crippen molar-refractivity contribution in [3.63, 3.8) is 0 Å². The number of anilines is 2. The molecule has 3 rings (SSSR count). The Balaban J connectivity index is 2.00. The van der Waals surface area contributed by atoms with Crippen LogP contribution in [0.1, 0.15) is 32.3 Å². The normalized spacial score (nSPS) is 25.1. The van der Waals surface area contributed by atoms with Gasteiger partial charge in [0.25, 0.3) is 0 Å². The number of hydrogen-bond acceptors (Lipinski definition) is 4. The van der Waals surface area contributed by atoms with Gasteiger partial charge in [0.2, 0.25) is 6.35 Å². The van der Waals surface area contributed by atoms with Crippen molar-refractivity contribution in [2.75, 3.05) is 30.5 Å². The third-order valence-corrected chi connectivity index (χ3v) is 5.12. The van der Waals surface area contributed by atoms with E-state index in [-0.39, 0.29) is 23.6 Å². The number of methoxy groups -OCH3 is 1. The smallest absolute Gasteiger partial charge is 0.210 e. The molecule has 1 aliphatic heterocycles. The Hall–Kier alpha value is -1.96. The van der Waals surface area contributed by atoms with Gasteiger partial charge in [-0.05, 0) is 29.2 Å². The lowest BCUT2D eigenvalue weighted by Crippen LogP contribution is -2.46. The zero-order valence-corrected chi connectivity index (χ0v) is 16.8. The van der Waals surface area contributed by atoms with E-state index in [0.29, 0.717) is 5.03 Å². The fraction of sp³-hybridized carbons (Fsp3) is 0.476. The summed E-state index contributed by atoms with van der Waals surface area (Å²) in [5.74, 6) is -0.236. The lowest BCUT2D eigenvalue weighted by atomic mass is 9.83. The van der Waals surface area contributed by atoms with E-state index in [1.807, 2.05) is 19.2 Å². The maximum atomic E-state index is 9.49. The molecule has 3 atom stereocenters. The highest BCUT2D eigenvalue weighted by Crippen LogP contribution is 2.43. The Bertz CT molecular complexity index is 787. The minimum atomic E-state index is -0.203. The SMILES string of the molecule is COC1N(C)c2cc(C3C=C(Cl)C=CC3C#N)ccc2N1CC(C)(C)C. The summed E-state index contributed by atoms with van der Waals surface area (Å²) in [5, 5.41) is 10.2. The number of halogens is 1. The number of rotatable bonds is 3. The molecule has 1 aromatic rings. The molecule has 0 spiro atoms. The number of fused-ring (bicyclic) bond motifs is 1. The third-order valence-electron chi connectivity index (χ3n) is 4.86. The third kappa shape index (κ3) is 3.47. The van der Waals surface area contributed by atoms with E-state index in [9.17, 15) is 5.26 Å². The Kier molecular flexibility index (Phi) is 5.05. The molecule has 0 saturated carbocycles. The Labute approximate surface area is 161 Å². The zero-order valence-electron chi connectivity index (χ0n) is 16.0. The van der Waals surface area contributed by atoms with E-state index >= 15 is 0 Å². The molecule has 0 N–H and O–H groups in total. The quantitative estimate of drug-likeness (QED) is 0.762. The van der Waals surface area contributed by atoms with E-state index in [1.165, 1.54) is 0 Å². The topological polar surface area (TPSA) is 39.5 Å². The maximum absolute atomic E-state index is 9.49. The second kappa shape index (κ2) is 6.98. The molecule has 0 saturated heterocycles. The van der Waals surface area contributed by atoms with Crippen LogP contribution in [0.4, 0.5) is 11.4 Å². The molecular weight excluding hydrogens is 346 g/mol. The van der Waals surface area contributed by atoms with Gasteiger partial charge in [-0.3, -0.25) is 0 Å². The van der Waals surface area contributed by atoms with Crippen LogP contribution in [0.15, 0.2) is 41.5 Å². The molecule has 138 valence electrons. The minimum Gasteiger partial charge on any atom is -0.344 e.